The molecule has 0 aromatic heterocycles. The maximum atomic E-state index is 16.2. The fraction of sp³-hybridized carbons (Fsp3) is 0.185. The van der Waals surface area contributed by atoms with Crippen molar-refractivity contribution >= 4 is 57.7 Å². The van der Waals surface area contributed by atoms with Crippen molar-refractivity contribution in [2.24, 2.45) is 0 Å². The molecule has 7 rings (SSSR count). The van der Waals surface area contributed by atoms with Gasteiger partial charge in [-0.05, 0) is 52.7 Å². The number of benzene rings is 7. The lowest BCUT2D eigenvalue weighted by Gasteiger charge is -2.47. The van der Waals surface area contributed by atoms with E-state index in [2.05, 4.69) is 0 Å². The van der Waals surface area contributed by atoms with Crippen molar-refractivity contribution in [3.05, 3.63) is 210 Å². The van der Waals surface area contributed by atoms with Crippen LogP contribution in [0.2, 0.25) is 0 Å². The van der Waals surface area contributed by atoms with Gasteiger partial charge < -0.3 is 19.1 Å². The van der Waals surface area contributed by atoms with Crippen molar-refractivity contribution in [3.8, 4) is 0 Å². The first-order valence-corrected chi connectivity index (χ1v) is 24.7. The molecular weight excluding hydrogens is 1330 g/mol. The Morgan fingerprint density at radius 2 is 0.380 bits per heavy atom. The van der Waals surface area contributed by atoms with Gasteiger partial charge in [-0.15, -0.1) is 0 Å². The molecule has 92 heavy (non-hydrogen) atoms. The summed E-state index contributed by atoms with van der Waals surface area (Å²) in [7, 11) is 0. The van der Waals surface area contributed by atoms with E-state index in [0.29, 0.717) is 24.3 Å². The van der Waals surface area contributed by atoms with Crippen molar-refractivity contribution in [1.29, 1.82) is 0 Å². The van der Waals surface area contributed by atoms with Crippen LogP contribution in [0.3, 0.4) is 0 Å². The van der Waals surface area contributed by atoms with Crippen molar-refractivity contribution < 1.29 is 151 Å². The third-order valence-electron chi connectivity index (χ3n) is 14.2. The van der Waals surface area contributed by atoms with Crippen LogP contribution in [0, 0.1) is 175 Å². The monoisotopic (exact) mass is 1360 g/mol. The van der Waals surface area contributed by atoms with Crippen LogP contribution in [-0.4, -0.2) is 45.8 Å². The van der Waals surface area contributed by atoms with Gasteiger partial charge in [0.05, 0.1) is 0 Å². The Kier molecular flexibility index (Phi) is 18.6. The molecule has 0 spiro atoms. The lowest BCUT2D eigenvalue weighted by Crippen LogP contribution is -2.76. The van der Waals surface area contributed by atoms with Gasteiger partial charge in [0, 0.05) is 24.2 Å². The molecule has 38 heteroatoms. The quantitative estimate of drug-likeness (QED) is 0.0529. The zero-order valence-corrected chi connectivity index (χ0v) is 45.7. The molecule has 0 radical (unpaired) electrons. The highest BCUT2D eigenvalue weighted by molar-refractivity contribution is 7.08. The van der Waals surface area contributed by atoms with Gasteiger partial charge in [-0.2, -0.15) is 0 Å². The van der Waals surface area contributed by atoms with E-state index in [1.807, 2.05) is 0 Å². The number of hydrogen-bond acceptors (Lipinski definition) is 4. The first-order valence-electron chi connectivity index (χ1n) is 24.7. The molecule has 0 saturated heterocycles. The van der Waals surface area contributed by atoms with Crippen LogP contribution < -0.4 is 32.8 Å². The van der Waals surface area contributed by atoms with Crippen LogP contribution in [0.15, 0.2) is 24.3 Å². The van der Waals surface area contributed by atoms with E-state index in [4.69, 9.17) is 9.31 Å². The highest BCUT2D eigenvalue weighted by Crippen LogP contribution is 2.34. The molecule has 0 aliphatic rings. The van der Waals surface area contributed by atoms with E-state index in [1.54, 1.807) is 0 Å². The Morgan fingerprint density at radius 1 is 0.261 bits per heavy atom. The average molecular weight is 1360 g/mol. The maximum Gasteiger partial charge on any atom is 0.362 e. The minimum absolute atomic E-state index is 0.00127. The van der Waals surface area contributed by atoms with E-state index in [9.17, 15) is 35.9 Å². The highest BCUT2D eigenvalue weighted by atomic mass is 19.2. The molecule has 0 saturated carbocycles. The van der Waals surface area contributed by atoms with Gasteiger partial charge in [0.2, 0.25) is 0 Å². The summed E-state index contributed by atoms with van der Waals surface area (Å²) in [6, 6.07) is 2.77. The van der Waals surface area contributed by atoms with Gasteiger partial charge in [-0.1, -0.05) is 57.0 Å². The number of halogens is 30. The summed E-state index contributed by atoms with van der Waals surface area (Å²) in [5.74, 6) is -104. The number of amides is 2. The van der Waals surface area contributed by atoms with Gasteiger partial charge >= 0.3 is 12.2 Å². The van der Waals surface area contributed by atoms with E-state index in [0.717, 1.165) is 41.5 Å². The second kappa shape index (κ2) is 24.3. The molecule has 0 aliphatic heterocycles. The standard InChI is InChI=1S/C54H26B2F30N2O4/c1-53(2,3)87(51(89)91-55(15-21(57)33(69)45(81)34(70)22(15)58,16-23(59)35(71)46(82)36(72)24(16)60)17-25(61)37(73)47(83)38(74)26(17)62)11-13-7-9-14(10-8-13)12-88(54(4,5)6)52(90)92-56(18-27(63)39(75)48(84)40(76)28(18)64,19-29(65)41(77)49(85)42(78)30(19)66)20-31(67)43(79)50(86)44(80)32(20)68/h7-10H,11-12H2,1-6H3/q-2. The van der Waals surface area contributed by atoms with E-state index in [-0.39, 0.29) is 9.80 Å². The fourth-order valence-corrected chi connectivity index (χ4v) is 9.79. The molecule has 2 amide bonds. The Labute approximate surface area is 493 Å². The van der Waals surface area contributed by atoms with Crippen LogP contribution in [0.4, 0.5) is 141 Å². The molecule has 0 unspecified atom stereocenters. The molecule has 6 nitrogen and oxygen atoms in total. The second-order valence-electron chi connectivity index (χ2n) is 21.6. The second-order valence-corrected chi connectivity index (χ2v) is 21.6. The third-order valence-corrected chi connectivity index (χ3v) is 14.2. The summed E-state index contributed by atoms with van der Waals surface area (Å²) in [6.45, 7) is 2.29. The molecule has 0 aliphatic carbocycles. The lowest BCUT2D eigenvalue weighted by molar-refractivity contribution is 0.0993. The number of nitrogens with zero attached hydrogens (tertiary/aromatic N) is 2. The highest BCUT2D eigenvalue weighted by Gasteiger charge is 2.55. The number of carbonyl (C=O) groups excluding carboxylic acids is 2. The predicted molar refractivity (Wildman–Crippen MR) is 257 cm³/mol. The normalized spacial score (nSPS) is 12.3. The summed E-state index contributed by atoms with van der Waals surface area (Å²) < 4.78 is 474. The van der Waals surface area contributed by atoms with Gasteiger partial charge in [0.15, 0.2) is 105 Å². The lowest BCUT2D eigenvalue weighted by atomic mass is 9.27. The van der Waals surface area contributed by atoms with Crippen molar-refractivity contribution in [2.75, 3.05) is 0 Å². The topological polar surface area (TPSA) is 59.1 Å². The number of rotatable bonds is 12. The van der Waals surface area contributed by atoms with Crippen LogP contribution in [0.1, 0.15) is 52.7 Å². The Bertz CT molecular complexity index is 3510. The Hall–Kier alpha value is -8.89. The fourth-order valence-electron chi connectivity index (χ4n) is 9.79. The van der Waals surface area contributed by atoms with E-state index in [1.165, 1.54) is 0 Å². The van der Waals surface area contributed by atoms with Crippen molar-refractivity contribution in [1.82, 2.24) is 9.80 Å². The summed E-state index contributed by atoms with van der Waals surface area (Å²) in [5, 5.41) is 0. The minimum atomic E-state index is -6.98. The van der Waals surface area contributed by atoms with Gasteiger partial charge in [0.1, 0.15) is 69.8 Å². The predicted octanol–water partition coefficient (Wildman–Crippen LogP) is 12.7. The molecule has 7 aromatic carbocycles. The molecule has 494 valence electrons. The van der Waals surface area contributed by atoms with E-state index < -0.39 is 267 Å². The first kappa shape index (κ1) is 70.6. The summed E-state index contributed by atoms with van der Waals surface area (Å²) in [5.41, 5.74) is -25.7. The largest absolute Gasteiger partial charge is 0.659 e. The molecule has 0 N–H and O–H groups in total. The maximum absolute atomic E-state index is 16.2. The third kappa shape index (κ3) is 10.8. The van der Waals surface area contributed by atoms with Gasteiger partial charge in [-0.25, -0.2) is 141 Å². The Balaban J connectivity index is 1.44. The van der Waals surface area contributed by atoms with Crippen LogP contribution >= 0.6 is 0 Å². The molecule has 0 heterocycles. The summed E-state index contributed by atoms with van der Waals surface area (Å²) in [4.78, 5) is 29.3. The first-order chi connectivity index (χ1) is 42.2. The molecule has 0 bridgehead atoms. The zero-order chi connectivity index (χ0) is 69.9. The summed E-state index contributed by atoms with van der Waals surface area (Å²) >= 11 is 0. The van der Waals surface area contributed by atoms with Crippen LogP contribution in [0.25, 0.3) is 0 Å². The van der Waals surface area contributed by atoms with Crippen LogP contribution in [-0.2, 0) is 22.4 Å². The molecule has 7 aromatic rings. The molecule has 0 atom stereocenters. The smallest absolute Gasteiger partial charge is 0.362 e. The van der Waals surface area contributed by atoms with Crippen molar-refractivity contribution in [2.45, 2.75) is 65.7 Å². The van der Waals surface area contributed by atoms with E-state index >= 15 is 105 Å². The summed E-state index contributed by atoms with van der Waals surface area (Å²) in [6.07, 6.45) is -19.5. The Morgan fingerprint density at radius 3 is 0.500 bits per heavy atom. The minimum Gasteiger partial charge on any atom is -0.659 e. The number of hydrogen-bond donors (Lipinski definition) is 0. The average Bonchev–Trinajstić information content (AvgIpc) is 0.705. The zero-order valence-electron chi connectivity index (χ0n) is 45.7. The number of carbonyl (C=O) groups is 2. The molecule has 0 fully saturated rings. The van der Waals surface area contributed by atoms with Crippen LogP contribution in [0.5, 0.6) is 0 Å². The SMILES string of the molecule is CC(C)(C)N(Cc1ccc(CN(C(=O)O[B-](c2c(F)c(F)c(F)c(F)c2F)(c2c(F)c(F)c(F)c(F)c2F)c2c(F)c(F)c(F)c(F)c2F)C(C)(C)C)cc1)C(=O)O[B-](c1c(F)c(F)c(F)c(F)c1F)(c1c(F)c(F)c(F)c(F)c1F)c1c(F)c(F)c(F)c(F)c1F. The van der Waals surface area contributed by atoms with Gasteiger partial charge in [0.25, 0.3) is 12.7 Å². The molecular formula is C54H26B2F30N2O4-2. The van der Waals surface area contributed by atoms with Gasteiger partial charge in [-0.3, -0.25) is 0 Å². The van der Waals surface area contributed by atoms with Crippen molar-refractivity contribution in [3.63, 3.8) is 0 Å².